The van der Waals surface area contributed by atoms with Gasteiger partial charge in [0.1, 0.15) is 12.0 Å². The van der Waals surface area contributed by atoms with Gasteiger partial charge in [-0.1, -0.05) is 13.3 Å². The average Bonchev–Trinajstić information content (AvgIpc) is 2.24. The second kappa shape index (κ2) is 7.66. The Morgan fingerprint density at radius 3 is 2.18 bits per heavy atom. The van der Waals surface area contributed by atoms with Gasteiger partial charge in [0, 0.05) is 6.04 Å². The maximum atomic E-state index is 11.7. The summed E-state index contributed by atoms with van der Waals surface area (Å²) in [5, 5.41) is 14.1. The number of nitriles is 1. The lowest BCUT2D eigenvalue weighted by Crippen LogP contribution is -2.48. The third-order valence-corrected chi connectivity index (χ3v) is 2.23. The molecule has 2 N–H and O–H groups in total. The third kappa shape index (κ3) is 5.91. The lowest BCUT2D eigenvalue weighted by molar-refractivity contribution is -0.130. The van der Waals surface area contributed by atoms with E-state index in [0.29, 0.717) is 6.42 Å². The molecule has 17 heavy (non-hydrogen) atoms. The zero-order chi connectivity index (χ0) is 13.4. The Hall–Kier alpha value is -1.57. The van der Waals surface area contributed by atoms with E-state index in [1.54, 1.807) is 6.92 Å². The van der Waals surface area contributed by atoms with Gasteiger partial charge >= 0.3 is 0 Å². The fourth-order valence-corrected chi connectivity index (χ4v) is 1.33. The van der Waals surface area contributed by atoms with Crippen LogP contribution in [0.1, 0.15) is 40.5 Å². The summed E-state index contributed by atoms with van der Waals surface area (Å²) in [4.78, 5) is 23.2. The summed E-state index contributed by atoms with van der Waals surface area (Å²) in [6, 6.07) is 1.36. The van der Waals surface area contributed by atoms with E-state index >= 15 is 0 Å². The molecule has 0 saturated carbocycles. The van der Waals surface area contributed by atoms with Gasteiger partial charge in [-0.25, -0.2) is 0 Å². The van der Waals surface area contributed by atoms with Crippen LogP contribution >= 0.6 is 0 Å². The number of carbonyl (C=O) groups excluding carboxylic acids is 2. The number of hydrogen-bond donors (Lipinski definition) is 2. The number of hydrogen-bond acceptors (Lipinski definition) is 3. The Morgan fingerprint density at radius 2 is 1.76 bits per heavy atom. The Labute approximate surface area is 103 Å². The highest BCUT2D eigenvalue weighted by atomic mass is 16.2. The molecule has 0 bridgehead atoms. The molecule has 0 spiro atoms. The molecular weight excluding hydrogens is 218 g/mol. The van der Waals surface area contributed by atoms with Gasteiger partial charge in [-0.3, -0.25) is 9.59 Å². The molecule has 0 aromatic rings. The third-order valence-electron chi connectivity index (χ3n) is 2.23. The van der Waals surface area contributed by atoms with Gasteiger partial charge in [-0.05, 0) is 27.2 Å². The summed E-state index contributed by atoms with van der Waals surface area (Å²) in [5.41, 5.74) is 0. The van der Waals surface area contributed by atoms with Crippen LogP contribution in [0.3, 0.4) is 0 Å². The number of rotatable bonds is 6. The Kier molecular flexibility index (Phi) is 6.95. The van der Waals surface area contributed by atoms with E-state index in [0.717, 1.165) is 6.42 Å². The van der Waals surface area contributed by atoms with Crippen molar-refractivity contribution in [1.29, 1.82) is 5.26 Å². The second-order valence-corrected chi connectivity index (χ2v) is 4.36. The Balaban J connectivity index is 4.28. The zero-order valence-electron chi connectivity index (χ0n) is 10.9. The molecule has 0 aliphatic rings. The quantitative estimate of drug-likeness (QED) is 0.724. The first-order chi connectivity index (χ1) is 7.92. The highest BCUT2D eigenvalue weighted by molar-refractivity contribution is 5.89. The van der Waals surface area contributed by atoms with Crippen molar-refractivity contribution in [1.82, 2.24) is 10.6 Å². The topological polar surface area (TPSA) is 82.0 Å². The number of amides is 2. The van der Waals surface area contributed by atoms with Crippen LogP contribution in [0.2, 0.25) is 0 Å². The van der Waals surface area contributed by atoms with Gasteiger partial charge in [0.2, 0.25) is 11.8 Å². The summed E-state index contributed by atoms with van der Waals surface area (Å²) in [5.74, 6) is -1.28. The van der Waals surface area contributed by atoms with E-state index < -0.39 is 12.0 Å². The molecule has 2 atom stereocenters. The number of nitrogens with zero attached hydrogens (tertiary/aromatic N) is 1. The van der Waals surface area contributed by atoms with Crippen molar-refractivity contribution in [2.45, 2.75) is 52.6 Å². The van der Waals surface area contributed by atoms with Gasteiger partial charge < -0.3 is 10.6 Å². The van der Waals surface area contributed by atoms with Gasteiger partial charge in [0.05, 0.1) is 6.07 Å². The van der Waals surface area contributed by atoms with Crippen molar-refractivity contribution in [3.05, 3.63) is 0 Å². The fraction of sp³-hybridized carbons (Fsp3) is 0.750. The van der Waals surface area contributed by atoms with E-state index in [4.69, 9.17) is 5.26 Å². The van der Waals surface area contributed by atoms with Crippen LogP contribution in [-0.4, -0.2) is 23.9 Å². The highest BCUT2D eigenvalue weighted by Crippen LogP contribution is 2.05. The Bertz CT molecular complexity index is 307. The molecule has 2 unspecified atom stereocenters. The maximum absolute atomic E-state index is 11.7. The fourth-order valence-electron chi connectivity index (χ4n) is 1.33. The molecule has 5 heteroatoms. The minimum absolute atomic E-state index is 0.0317. The van der Waals surface area contributed by atoms with Crippen LogP contribution in [0.5, 0.6) is 0 Å². The predicted molar refractivity (Wildman–Crippen MR) is 64.9 cm³/mol. The lowest BCUT2D eigenvalue weighted by Gasteiger charge is -2.17. The smallest absolute Gasteiger partial charge is 0.242 e. The molecule has 0 radical (unpaired) electrons. The molecule has 0 heterocycles. The first kappa shape index (κ1) is 15.4. The average molecular weight is 239 g/mol. The molecule has 96 valence electrons. The van der Waals surface area contributed by atoms with Crippen LogP contribution in [0.15, 0.2) is 0 Å². The minimum atomic E-state index is -0.672. The first-order valence-electron chi connectivity index (χ1n) is 5.92. The molecular formula is C12H21N3O2. The molecule has 0 saturated heterocycles. The number of carbonyl (C=O) groups is 2. The van der Waals surface area contributed by atoms with Gasteiger partial charge in [0.25, 0.3) is 0 Å². The lowest BCUT2D eigenvalue weighted by atomic mass is 10.0. The summed E-state index contributed by atoms with van der Waals surface area (Å²) in [6.07, 6.45) is 1.28. The van der Waals surface area contributed by atoms with Gasteiger partial charge in [0.15, 0.2) is 0 Å². The predicted octanol–water partition coefficient (Wildman–Crippen LogP) is 0.956. The molecule has 2 amide bonds. The molecule has 0 rings (SSSR count). The van der Waals surface area contributed by atoms with E-state index in [-0.39, 0.29) is 17.9 Å². The van der Waals surface area contributed by atoms with E-state index in [9.17, 15) is 9.59 Å². The van der Waals surface area contributed by atoms with E-state index in [2.05, 4.69) is 10.6 Å². The monoisotopic (exact) mass is 239 g/mol. The Morgan fingerprint density at radius 1 is 1.18 bits per heavy atom. The molecule has 0 fully saturated rings. The maximum Gasteiger partial charge on any atom is 0.242 e. The van der Waals surface area contributed by atoms with Crippen LogP contribution < -0.4 is 10.6 Å². The molecule has 0 aliphatic heterocycles. The van der Waals surface area contributed by atoms with Crippen molar-refractivity contribution in [3.8, 4) is 6.07 Å². The first-order valence-corrected chi connectivity index (χ1v) is 5.92. The van der Waals surface area contributed by atoms with E-state index in [1.165, 1.54) is 0 Å². The van der Waals surface area contributed by atoms with Crippen LogP contribution in [0.25, 0.3) is 0 Å². The van der Waals surface area contributed by atoms with Crippen molar-refractivity contribution in [3.63, 3.8) is 0 Å². The van der Waals surface area contributed by atoms with Crippen molar-refractivity contribution in [2.24, 2.45) is 5.92 Å². The number of nitrogens with one attached hydrogen (secondary N) is 2. The van der Waals surface area contributed by atoms with Crippen LogP contribution in [-0.2, 0) is 9.59 Å². The summed E-state index contributed by atoms with van der Waals surface area (Å²) < 4.78 is 0. The molecule has 0 aromatic carbocycles. The highest BCUT2D eigenvalue weighted by Gasteiger charge is 2.21. The van der Waals surface area contributed by atoms with Gasteiger partial charge in [-0.15, -0.1) is 0 Å². The molecule has 0 aliphatic carbocycles. The molecule has 5 nitrogen and oxygen atoms in total. The van der Waals surface area contributed by atoms with E-state index in [1.807, 2.05) is 26.8 Å². The zero-order valence-corrected chi connectivity index (χ0v) is 10.9. The summed E-state index contributed by atoms with van der Waals surface area (Å²) >= 11 is 0. The van der Waals surface area contributed by atoms with Gasteiger partial charge in [-0.2, -0.15) is 5.26 Å². The standard InChI is InChI=1S/C12H21N3O2/c1-5-6-10(7-13)12(17)15-9(4)11(16)14-8(2)3/h8-10H,5-6H2,1-4H3,(H,14,16)(H,15,17). The van der Waals surface area contributed by atoms with Crippen molar-refractivity contribution < 1.29 is 9.59 Å². The summed E-state index contributed by atoms with van der Waals surface area (Å²) in [6.45, 7) is 7.21. The SMILES string of the molecule is CCCC(C#N)C(=O)NC(C)C(=O)NC(C)C. The summed E-state index contributed by atoms with van der Waals surface area (Å²) in [7, 11) is 0. The largest absolute Gasteiger partial charge is 0.352 e. The normalized spacial score (nSPS) is 13.6. The van der Waals surface area contributed by atoms with Crippen LogP contribution in [0.4, 0.5) is 0 Å². The second-order valence-electron chi connectivity index (χ2n) is 4.36. The van der Waals surface area contributed by atoms with Crippen molar-refractivity contribution in [2.75, 3.05) is 0 Å². The minimum Gasteiger partial charge on any atom is -0.352 e. The van der Waals surface area contributed by atoms with Crippen LogP contribution in [0, 0.1) is 17.2 Å². The van der Waals surface area contributed by atoms with Crippen molar-refractivity contribution >= 4 is 11.8 Å². The molecule has 0 aromatic heterocycles.